The van der Waals surface area contributed by atoms with Crippen molar-refractivity contribution in [3.8, 4) is 0 Å². The lowest BCUT2D eigenvalue weighted by Crippen LogP contribution is -2.44. The third kappa shape index (κ3) is 3.69. The van der Waals surface area contributed by atoms with Crippen molar-refractivity contribution in [2.75, 3.05) is 6.54 Å². The van der Waals surface area contributed by atoms with Crippen LogP contribution in [0.2, 0.25) is 0 Å². The largest absolute Gasteiger partial charge is 0.314 e. The average molecular weight is 238 g/mol. The first-order valence-corrected chi connectivity index (χ1v) is 7.66. The molecule has 0 radical (unpaired) electrons. The summed E-state index contributed by atoms with van der Waals surface area (Å²) in [5.74, 6) is 1.77. The summed E-state index contributed by atoms with van der Waals surface area (Å²) in [5, 5.41) is 7.52. The van der Waals surface area contributed by atoms with Crippen molar-refractivity contribution < 1.29 is 0 Å². The molecule has 2 nitrogen and oxygen atoms in total. The molecule has 17 heavy (non-hydrogen) atoms. The van der Waals surface area contributed by atoms with Crippen LogP contribution in [-0.2, 0) is 0 Å². The Kier molecular flexibility index (Phi) is 4.87. The highest BCUT2D eigenvalue weighted by Crippen LogP contribution is 2.31. The van der Waals surface area contributed by atoms with E-state index in [0.29, 0.717) is 6.04 Å². The monoisotopic (exact) mass is 238 g/mol. The third-order valence-electron chi connectivity index (χ3n) is 5.01. The van der Waals surface area contributed by atoms with E-state index in [0.717, 1.165) is 23.9 Å². The standard InChI is InChI=1S/C15H30N2/c1-11-7-8-15(13(11)3)17-12(2)10-14-6-4-5-9-16-14/h11-17H,4-10H2,1-3H3. The maximum atomic E-state index is 3.87. The molecule has 5 unspecified atom stereocenters. The SMILES string of the molecule is CC(CC1CCCCN1)NC1CCC(C)C1C. The predicted molar refractivity (Wildman–Crippen MR) is 74.2 cm³/mol. The molecule has 1 aliphatic heterocycles. The minimum atomic E-state index is 0.670. The molecule has 0 bridgehead atoms. The molecule has 2 N–H and O–H groups in total. The predicted octanol–water partition coefficient (Wildman–Crippen LogP) is 2.93. The molecule has 1 saturated carbocycles. The Balaban J connectivity index is 1.71. The lowest BCUT2D eigenvalue weighted by molar-refractivity contribution is 0.300. The molecule has 2 aliphatic rings. The van der Waals surface area contributed by atoms with Gasteiger partial charge in [0.15, 0.2) is 0 Å². The topological polar surface area (TPSA) is 24.1 Å². The van der Waals surface area contributed by atoms with Crippen LogP contribution in [0.4, 0.5) is 0 Å². The first-order chi connectivity index (χ1) is 8.16. The summed E-state index contributed by atoms with van der Waals surface area (Å²) < 4.78 is 0. The smallest absolute Gasteiger partial charge is 0.00978 e. The van der Waals surface area contributed by atoms with E-state index in [-0.39, 0.29) is 0 Å². The maximum absolute atomic E-state index is 3.87. The van der Waals surface area contributed by atoms with Crippen molar-refractivity contribution in [1.82, 2.24) is 10.6 Å². The number of hydrogen-bond acceptors (Lipinski definition) is 2. The van der Waals surface area contributed by atoms with Crippen LogP contribution >= 0.6 is 0 Å². The van der Waals surface area contributed by atoms with E-state index in [1.165, 1.54) is 45.1 Å². The summed E-state index contributed by atoms with van der Waals surface area (Å²) in [5.41, 5.74) is 0. The van der Waals surface area contributed by atoms with Gasteiger partial charge < -0.3 is 10.6 Å². The molecule has 2 fully saturated rings. The van der Waals surface area contributed by atoms with Crippen LogP contribution in [0.3, 0.4) is 0 Å². The lowest BCUT2D eigenvalue weighted by atomic mass is 9.95. The molecule has 1 aliphatic carbocycles. The average Bonchev–Trinajstić information content (AvgIpc) is 2.62. The summed E-state index contributed by atoms with van der Waals surface area (Å²) in [6.07, 6.45) is 8.26. The number of nitrogens with one attached hydrogen (secondary N) is 2. The second kappa shape index (κ2) is 6.19. The molecule has 1 heterocycles. The first-order valence-electron chi connectivity index (χ1n) is 7.66. The van der Waals surface area contributed by atoms with Crippen LogP contribution in [0.1, 0.15) is 59.3 Å². The number of hydrogen-bond donors (Lipinski definition) is 2. The van der Waals surface area contributed by atoms with Gasteiger partial charge >= 0.3 is 0 Å². The van der Waals surface area contributed by atoms with Gasteiger partial charge in [-0.1, -0.05) is 20.3 Å². The Labute approximate surface area is 107 Å². The normalized spacial score (nSPS) is 40.4. The number of rotatable bonds is 4. The van der Waals surface area contributed by atoms with Crippen LogP contribution in [0, 0.1) is 11.8 Å². The fourth-order valence-corrected chi connectivity index (χ4v) is 3.59. The van der Waals surface area contributed by atoms with Gasteiger partial charge in [-0.05, 0) is 57.4 Å². The Morgan fingerprint density at radius 2 is 2.00 bits per heavy atom. The van der Waals surface area contributed by atoms with Gasteiger partial charge in [0.2, 0.25) is 0 Å². The molecule has 5 atom stereocenters. The molecule has 100 valence electrons. The van der Waals surface area contributed by atoms with Gasteiger partial charge in [0.25, 0.3) is 0 Å². The fraction of sp³-hybridized carbons (Fsp3) is 1.00. The molecule has 2 rings (SSSR count). The molecule has 1 saturated heterocycles. The second-order valence-corrected chi connectivity index (χ2v) is 6.47. The quantitative estimate of drug-likeness (QED) is 0.787. The first kappa shape index (κ1) is 13.4. The Bertz CT molecular complexity index is 223. The van der Waals surface area contributed by atoms with Gasteiger partial charge in [-0.25, -0.2) is 0 Å². The van der Waals surface area contributed by atoms with Crippen LogP contribution < -0.4 is 10.6 Å². The molecule has 0 spiro atoms. The molecular formula is C15H30N2. The van der Waals surface area contributed by atoms with Crippen molar-refractivity contribution in [2.24, 2.45) is 11.8 Å². The van der Waals surface area contributed by atoms with Crippen molar-refractivity contribution in [1.29, 1.82) is 0 Å². The van der Waals surface area contributed by atoms with Gasteiger partial charge in [0.1, 0.15) is 0 Å². The Morgan fingerprint density at radius 1 is 1.18 bits per heavy atom. The number of piperidine rings is 1. The molecular weight excluding hydrogens is 208 g/mol. The van der Waals surface area contributed by atoms with Crippen molar-refractivity contribution in [3.63, 3.8) is 0 Å². The third-order valence-corrected chi connectivity index (χ3v) is 5.01. The minimum Gasteiger partial charge on any atom is -0.314 e. The van der Waals surface area contributed by atoms with Gasteiger partial charge in [0.05, 0.1) is 0 Å². The Morgan fingerprint density at radius 3 is 2.59 bits per heavy atom. The minimum absolute atomic E-state index is 0.670. The van der Waals surface area contributed by atoms with Gasteiger partial charge in [-0.3, -0.25) is 0 Å². The summed E-state index contributed by atoms with van der Waals surface area (Å²) in [6.45, 7) is 8.42. The zero-order chi connectivity index (χ0) is 12.3. The van der Waals surface area contributed by atoms with E-state index >= 15 is 0 Å². The highest BCUT2D eigenvalue weighted by Gasteiger charge is 2.30. The van der Waals surface area contributed by atoms with Gasteiger partial charge in [-0.15, -0.1) is 0 Å². The summed E-state index contributed by atoms with van der Waals surface area (Å²) >= 11 is 0. The van der Waals surface area contributed by atoms with E-state index in [2.05, 4.69) is 31.4 Å². The van der Waals surface area contributed by atoms with Crippen LogP contribution in [0.25, 0.3) is 0 Å². The van der Waals surface area contributed by atoms with Crippen LogP contribution in [-0.4, -0.2) is 24.7 Å². The highest BCUT2D eigenvalue weighted by molar-refractivity contribution is 4.87. The van der Waals surface area contributed by atoms with Crippen molar-refractivity contribution >= 4 is 0 Å². The highest BCUT2D eigenvalue weighted by atomic mass is 15.0. The lowest BCUT2D eigenvalue weighted by Gasteiger charge is -2.29. The van der Waals surface area contributed by atoms with E-state index < -0.39 is 0 Å². The van der Waals surface area contributed by atoms with E-state index in [1.54, 1.807) is 0 Å². The van der Waals surface area contributed by atoms with Crippen LogP contribution in [0.5, 0.6) is 0 Å². The van der Waals surface area contributed by atoms with Gasteiger partial charge in [0, 0.05) is 18.1 Å². The molecule has 0 aromatic heterocycles. The fourth-order valence-electron chi connectivity index (χ4n) is 3.59. The Hall–Kier alpha value is -0.0800. The van der Waals surface area contributed by atoms with Crippen molar-refractivity contribution in [3.05, 3.63) is 0 Å². The summed E-state index contributed by atoms with van der Waals surface area (Å²) in [7, 11) is 0. The van der Waals surface area contributed by atoms with Crippen LogP contribution in [0.15, 0.2) is 0 Å². The summed E-state index contributed by atoms with van der Waals surface area (Å²) in [6, 6.07) is 2.20. The van der Waals surface area contributed by atoms with Gasteiger partial charge in [-0.2, -0.15) is 0 Å². The molecule has 2 heteroatoms. The van der Waals surface area contributed by atoms with E-state index in [9.17, 15) is 0 Å². The summed E-state index contributed by atoms with van der Waals surface area (Å²) in [4.78, 5) is 0. The molecule has 0 aromatic rings. The zero-order valence-corrected chi connectivity index (χ0v) is 11.8. The van der Waals surface area contributed by atoms with Crippen molar-refractivity contribution in [2.45, 2.75) is 77.4 Å². The maximum Gasteiger partial charge on any atom is 0.00978 e. The van der Waals surface area contributed by atoms with E-state index in [4.69, 9.17) is 0 Å². The molecule has 0 aromatic carbocycles. The second-order valence-electron chi connectivity index (χ2n) is 6.47. The zero-order valence-electron chi connectivity index (χ0n) is 11.8. The molecule has 0 amide bonds. The van der Waals surface area contributed by atoms with E-state index in [1.807, 2.05) is 0 Å².